The molecular weight excluding hydrogens is 206 g/mol. The monoisotopic (exact) mass is 233 g/mol. The molecule has 0 aliphatic rings. The van der Waals surface area contributed by atoms with E-state index >= 15 is 0 Å². The molecule has 0 rings (SSSR count). The van der Waals surface area contributed by atoms with Crippen LogP contribution in [0.2, 0.25) is 0 Å². The summed E-state index contributed by atoms with van der Waals surface area (Å²) in [5.41, 5.74) is 0. The molecule has 0 aromatic rings. The van der Waals surface area contributed by atoms with Crippen molar-refractivity contribution in [1.29, 1.82) is 0 Å². The highest BCUT2D eigenvalue weighted by molar-refractivity contribution is 4.67. The Morgan fingerprint density at radius 2 is 1.75 bits per heavy atom. The third-order valence-corrected chi connectivity index (χ3v) is 2.56. The summed E-state index contributed by atoms with van der Waals surface area (Å²) in [4.78, 5) is 0. The van der Waals surface area contributed by atoms with E-state index in [0.29, 0.717) is 44.9 Å². The normalized spacial score (nSPS) is 15.4. The Morgan fingerprint density at radius 3 is 2.31 bits per heavy atom. The highest BCUT2D eigenvalue weighted by atomic mass is 16.5. The van der Waals surface area contributed by atoms with Gasteiger partial charge in [-0.1, -0.05) is 13.8 Å². The fourth-order valence-electron chi connectivity index (χ4n) is 1.10. The summed E-state index contributed by atoms with van der Waals surface area (Å²) in [6.07, 6.45) is -0.442. The maximum Gasteiger partial charge on any atom is 0.0897 e. The summed E-state index contributed by atoms with van der Waals surface area (Å²) in [7, 11) is 0. The van der Waals surface area contributed by atoms with Crippen LogP contribution < -0.4 is 5.32 Å². The fraction of sp³-hybridized carbons (Fsp3) is 1.00. The second-order valence-corrected chi connectivity index (χ2v) is 4.37. The Bertz CT molecular complexity index is 153. The smallest absolute Gasteiger partial charge is 0.0897 e. The predicted molar refractivity (Wildman–Crippen MR) is 65.6 cm³/mol. The molecule has 0 aliphatic heterocycles. The number of rotatable bonds is 10. The molecule has 16 heavy (non-hydrogen) atoms. The molecule has 0 aliphatic carbocycles. The van der Waals surface area contributed by atoms with Gasteiger partial charge in [0.15, 0.2) is 0 Å². The standard InChI is InChI=1S/C12H27NO3/c1-5-15-6-7-16-9-12(14)8-13-11(4)10(2)3/h10-14H,5-9H2,1-4H3. The number of hydrogen-bond donors (Lipinski definition) is 2. The molecule has 0 fully saturated rings. The van der Waals surface area contributed by atoms with Gasteiger partial charge in [-0.15, -0.1) is 0 Å². The molecule has 4 nitrogen and oxygen atoms in total. The Labute approximate surface area is 99.3 Å². The second kappa shape index (κ2) is 10.0. The number of aliphatic hydroxyl groups is 1. The maximum absolute atomic E-state index is 9.61. The number of hydrogen-bond acceptors (Lipinski definition) is 4. The third kappa shape index (κ3) is 9.09. The van der Waals surface area contributed by atoms with Crippen molar-refractivity contribution in [3.8, 4) is 0 Å². The van der Waals surface area contributed by atoms with Crippen molar-refractivity contribution >= 4 is 0 Å². The van der Waals surface area contributed by atoms with Crippen molar-refractivity contribution in [2.75, 3.05) is 33.0 Å². The van der Waals surface area contributed by atoms with E-state index in [-0.39, 0.29) is 0 Å². The van der Waals surface area contributed by atoms with Gasteiger partial charge < -0.3 is 19.9 Å². The van der Waals surface area contributed by atoms with Crippen LogP contribution in [0.3, 0.4) is 0 Å². The minimum Gasteiger partial charge on any atom is -0.389 e. The maximum atomic E-state index is 9.61. The van der Waals surface area contributed by atoms with Crippen LogP contribution in [0.25, 0.3) is 0 Å². The van der Waals surface area contributed by atoms with Crippen LogP contribution in [0.1, 0.15) is 27.7 Å². The first-order valence-corrected chi connectivity index (χ1v) is 6.14. The molecule has 0 aromatic heterocycles. The predicted octanol–water partition coefficient (Wildman–Crippen LogP) is 1.03. The molecule has 0 radical (unpaired) electrons. The summed E-state index contributed by atoms with van der Waals surface area (Å²) >= 11 is 0. The molecule has 0 bridgehead atoms. The van der Waals surface area contributed by atoms with E-state index in [0.717, 1.165) is 0 Å². The van der Waals surface area contributed by atoms with Crippen molar-refractivity contribution in [2.45, 2.75) is 39.8 Å². The van der Waals surface area contributed by atoms with Crippen LogP contribution in [0.15, 0.2) is 0 Å². The lowest BCUT2D eigenvalue weighted by Crippen LogP contribution is -2.38. The highest BCUT2D eigenvalue weighted by Crippen LogP contribution is 1.99. The van der Waals surface area contributed by atoms with Crippen LogP contribution in [0.5, 0.6) is 0 Å². The summed E-state index contributed by atoms with van der Waals surface area (Å²) in [5, 5.41) is 12.9. The highest BCUT2D eigenvalue weighted by Gasteiger charge is 2.09. The van der Waals surface area contributed by atoms with E-state index in [4.69, 9.17) is 9.47 Å². The topological polar surface area (TPSA) is 50.7 Å². The van der Waals surface area contributed by atoms with E-state index in [2.05, 4.69) is 26.1 Å². The largest absolute Gasteiger partial charge is 0.389 e. The first kappa shape index (κ1) is 15.8. The Morgan fingerprint density at radius 1 is 1.12 bits per heavy atom. The molecule has 0 heterocycles. The van der Waals surface area contributed by atoms with Crippen LogP contribution in [-0.2, 0) is 9.47 Å². The van der Waals surface area contributed by atoms with Crippen LogP contribution >= 0.6 is 0 Å². The summed E-state index contributed by atoms with van der Waals surface area (Å²) in [5.74, 6) is 0.575. The van der Waals surface area contributed by atoms with Gasteiger partial charge >= 0.3 is 0 Å². The van der Waals surface area contributed by atoms with Gasteiger partial charge in [0.2, 0.25) is 0 Å². The lowest BCUT2D eigenvalue weighted by Gasteiger charge is -2.19. The number of aliphatic hydroxyl groups excluding tert-OH is 1. The van der Waals surface area contributed by atoms with Crippen molar-refractivity contribution in [3.63, 3.8) is 0 Å². The summed E-state index contributed by atoms with van der Waals surface area (Å²) in [6, 6.07) is 0.415. The van der Waals surface area contributed by atoms with Crippen LogP contribution in [-0.4, -0.2) is 50.2 Å². The molecule has 0 saturated carbocycles. The molecule has 2 N–H and O–H groups in total. The van der Waals surface area contributed by atoms with Gasteiger partial charge in [-0.3, -0.25) is 0 Å². The van der Waals surface area contributed by atoms with Crippen molar-refractivity contribution in [1.82, 2.24) is 5.32 Å². The third-order valence-electron chi connectivity index (χ3n) is 2.56. The van der Waals surface area contributed by atoms with Gasteiger partial charge in [-0.25, -0.2) is 0 Å². The molecule has 0 spiro atoms. The van der Waals surface area contributed by atoms with Crippen LogP contribution in [0.4, 0.5) is 0 Å². The van der Waals surface area contributed by atoms with Gasteiger partial charge in [-0.05, 0) is 19.8 Å². The summed E-state index contributed by atoms with van der Waals surface area (Å²) in [6.45, 7) is 11.2. The van der Waals surface area contributed by atoms with Gasteiger partial charge in [0, 0.05) is 19.2 Å². The molecule has 0 saturated heterocycles. The molecular formula is C12H27NO3. The van der Waals surface area contributed by atoms with E-state index in [1.54, 1.807) is 0 Å². The van der Waals surface area contributed by atoms with E-state index in [1.165, 1.54) is 0 Å². The zero-order valence-electron chi connectivity index (χ0n) is 11.0. The minimum atomic E-state index is -0.442. The Balaban J connectivity index is 3.34. The van der Waals surface area contributed by atoms with Crippen molar-refractivity contribution in [2.24, 2.45) is 5.92 Å². The SMILES string of the molecule is CCOCCOCC(O)CNC(C)C(C)C. The quantitative estimate of drug-likeness (QED) is 0.553. The first-order valence-electron chi connectivity index (χ1n) is 6.14. The number of ether oxygens (including phenoxy) is 2. The molecule has 4 heteroatoms. The van der Waals surface area contributed by atoms with E-state index in [9.17, 15) is 5.11 Å². The molecule has 0 amide bonds. The molecule has 0 aromatic carbocycles. The fourth-order valence-corrected chi connectivity index (χ4v) is 1.10. The Hall–Kier alpha value is -0.160. The van der Waals surface area contributed by atoms with Gasteiger partial charge in [0.05, 0.1) is 25.9 Å². The van der Waals surface area contributed by atoms with Crippen molar-refractivity contribution in [3.05, 3.63) is 0 Å². The average molecular weight is 233 g/mol. The zero-order valence-corrected chi connectivity index (χ0v) is 11.0. The van der Waals surface area contributed by atoms with Gasteiger partial charge in [0.25, 0.3) is 0 Å². The Kier molecular flexibility index (Phi) is 9.92. The van der Waals surface area contributed by atoms with Crippen LogP contribution in [0, 0.1) is 5.92 Å². The summed E-state index contributed by atoms with van der Waals surface area (Å²) < 4.78 is 10.4. The second-order valence-electron chi connectivity index (χ2n) is 4.37. The average Bonchev–Trinajstić information content (AvgIpc) is 2.25. The molecule has 2 atom stereocenters. The van der Waals surface area contributed by atoms with Gasteiger partial charge in [0.1, 0.15) is 0 Å². The number of nitrogens with one attached hydrogen (secondary N) is 1. The zero-order chi connectivity index (χ0) is 12.4. The lowest BCUT2D eigenvalue weighted by molar-refractivity contribution is 0.00550. The van der Waals surface area contributed by atoms with E-state index < -0.39 is 6.10 Å². The first-order chi connectivity index (χ1) is 7.57. The lowest BCUT2D eigenvalue weighted by atomic mass is 10.1. The minimum absolute atomic E-state index is 0.366. The molecule has 98 valence electrons. The van der Waals surface area contributed by atoms with Crippen molar-refractivity contribution < 1.29 is 14.6 Å². The van der Waals surface area contributed by atoms with Gasteiger partial charge in [-0.2, -0.15) is 0 Å². The van der Waals surface area contributed by atoms with E-state index in [1.807, 2.05) is 6.92 Å². The molecule has 2 unspecified atom stereocenters.